The summed E-state index contributed by atoms with van der Waals surface area (Å²) in [5.74, 6) is -0.468. The van der Waals surface area contributed by atoms with Crippen LogP contribution in [0.1, 0.15) is 66.0 Å². The first-order valence-corrected chi connectivity index (χ1v) is 11.0. The van der Waals surface area contributed by atoms with Crippen molar-refractivity contribution in [2.24, 2.45) is 5.73 Å². The van der Waals surface area contributed by atoms with Crippen LogP contribution in [0.5, 0.6) is 0 Å². The van der Waals surface area contributed by atoms with Crippen LogP contribution in [0.15, 0.2) is 22.2 Å². The molecule has 0 radical (unpaired) electrons. The fraction of sp³-hybridized carbons (Fsp3) is 0.500. The van der Waals surface area contributed by atoms with Gasteiger partial charge in [0, 0.05) is 41.3 Å². The van der Waals surface area contributed by atoms with Gasteiger partial charge in [-0.05, 0) is 51.3 Å². The standard InChI is InChI=1S/C22H28Cl2N4O2/c1-5-27(6-2)21(29)13(4)28-11-18-20(22(28)30)19(16(10-25)12(3)26-18)15-8-7-14(23)9-17(15)24/h7,9,13,15H,5-6,8,10-11,25H2,1-4H3/t13-,15-/m1/s1. The number of rotatable bonds is 6. The lowest BCUT2D eigenvalue weighted by molar-refractivity contribution is -0.135. The molecule has 6 nitrogen and oxygen atoms in total. The molecule has 1 aromatic rings. The summed E-state index contributed by atoms with van der Waals surface area (Å²) in [6.07, 6.45) is 4.19. The van der Waals surface area contributed by atoms with Crippen LogP contribution in [0.2, 0.25) is 0 Å². The van der Waals surface area contributed by atoms with Gasteiger partial charge in [-0.3, -0.25) is 14.6 Å². The molecule has 0 bridgehead atoms. The number of halogens is 2. The number of aryl methyl sites for hydroxylation is 1. The molecule has 1 aliphatic carbocycles. The molecule has 2 amide bonds. The fourth-order valence-electron chi connectivity index (χ4n) is 4.33. The van der Waals surface area contributed by atoms with Gasteiger partial charge in [0.1, 0.15) is 6.04 Å². The number of likely N-dealkylation sites (N-methyl/N-ethyl adjacent to an activating group) is 1. The molecule has 2 heterocycles. The highest BCUT2D eigenvalue weighted by atomic mass is 35.5. The molecule has 2 aliphatic rings. The van der Waals surface area contributed by atoms with Crippen molar-refractivity contribution in [3.05, 3.63) is 50.3 Å². The number of allylic oxidation sites excluding steroid dienone is 4. The van der Waals surface area contributed by atoms with E-state index in [4.69, 9.17) is 28.9 Å². The van der Waals surface area contributed by atoms with Gasteiger partial charge in [-0.1, -0.05) is 29.3 Å². The van der Waals surface area contributed by atoms with E-state index in [0.29, 0.717) is 47.4 Å². The maximum Gasteiger partial charge on any atom is 0.257 e. The molecule has 0 saturated carbocycles. The second-order valence-electron chi connectivity index (χ2n) is 7.64. The van der Waals surface area contributed by atoms with Crippen LogP contribution in [-0.4, -0.2) is 45.7 Å². The van der Waals surface area contributed by atoms with E-state index in [0.717, 1.165) is 16.8 Å². The zero-order valence-electron chi connectivity index (χ0n) is 17.8. The molecule has 1 aromatic heterocycles. The number of nitrogens with two attached hydrogens (primary N) is 1. The van der Waals surface area contributed by atoms with Crippen molar-refractivity contribution in [2.75, 3.05) is 13.1 Å². The van der Waals surface area contributed by atoms with E-state index < -0.39 is 6.04 Å². The van der Waals surface area contributed by atoms with E-state index in [9.17, 15) is 9.59 Å². The molecular weight excluding hydrogens is 423 g/mol. The maximum absolute atomic E-state index is 13.5. The third kappa shape index (κ3) is 3.88. The Morgan fingerprint density at radius 1 is 1.37 bits per heavy atom. The van der Waals surface area contributed by atoms with E-state index in [2.05, 4.69) is 4.98 Å². The van der Waals surface area contributed by atoms with Crippen molar-refractivity contribution in [1.82, 2.24) is 14.8 Å². The molecular formula is C22H28Cl2N4O2. The lowest BCUT2D eigenvalue weighted by Gasteiger charge is -2.29. The second kappa shape index (κ2) is 9.08. The first-order chi connectivity index (χ1) is 14.2. The lowest BCUT2D eigenvalue weighted by Crippen LogP contribution is -2.47. The van der Waals surface area contributed by atoms with E-state index in [1.807, 2.05) is 26.8 Å². The molecule has 2 atom stereocenters. The Morgan fingerprint density at radius 2 is 2.03 bits per heavy atom. The van der Waals surface area contributed by atoms with Crippen LogP contribution in [0, 0.1) is 6.92 Å². The van der Waals surface area contributed by atoms with Crippen LogP contribution in [0.25, 0.3) is 0 Å². The summed E-state index contributed by atoms with van der Waals surface area (Å²) in [6, 6.07) is -0.576. The number of carbonyl (C=O) groups excluding carboxylic acids is 2. The lowest BCUT2D eigenvalue weighted by atomic mass is 9.84. The number of nitrogens with zero attached hydrogens (tertiary/aromatic N) is 3. The molecule has 0 fully saturated rings. The Labute approximate surface area is 187 Å². The van der Waals surface area contributed by atoms with E-state index >= 15 is 0 Å². The minimum absolute atomic E-state index is 0.0659. The SMILES string of the molecule is CCN(CC)C(=O)[C@@H](C)N1Cc2nc(C)c(CN)c([C@@H]3CC=C(Cl)C=C3Cl)c2C1=O. The largest absolute Gasteiger partial charge is 0.341 e. The summed E-state index contributed by atoms with van der Waals surface area (Å²) in [4.78, 5) is 34.4. The Hall–Kier alpha value is -1.89. The second-order valence-corrected chi connectivity index (χ2v) is 8.51. The number of hydrogen-bond donors (Lipinski definition) is 1. The number of aromatic nitrogens is 1. The Morgan fingerprint density at radius 3 is 2.60 bits per heavy atom. The first kappa shape index (κ1) is 22.8. The normalized spacial score (nSPS) is 19.4. The molecule has 0 unspecified atom stereocenters. The minimum atomic E-state index is -0.576. The first-order valence-electron chi connectivity index (χ1n) is 10.3. The van der Waals surface area contributed by atoms with Crippen LogP contribution < -0.4 is 5.73 Å². The van der Waals surface area contributed by atoms with Crippen LogP contribution in [-0.2, 0) is 17.9 Å². The van der Waals surface area contributed by atoms with Gasteiger partial charge in [-0.25, -0.2) is 0 Å². The zero-order chi connectivity index (χ0) is 22.2. The number of hydrogen-bond acceptors (Lipinski definition) is 4. The number of amides is 2. The van der Waals surface area contributed by atoms with Crippen molar-refractivity contribution in [3.8, 4) is 0 Å². The molecule has 162 valence electrons. The van der Waals surface area contributed by atoms with Crippen molar-refractivity contribution in [2.45, 2.75) is 59.2 Å². The van der Waals surface area contributed by atoms with Crippen molar-refractivity contribution < 1.29 is 9.59 Å². The van der Waals surface area contributed by atoms with Gasteiger partial charge < -0.3 is 15.5 Å². The number of fused-ring (bicyclic) bond motifs is 1. The van der Waals surface area contributed by atoms with Gasteiger partial charge >= 0.3 is 0 Å². The summed E-state index contributed by atoms with van der Waals surface area (Å²) in [5, 5.41) is 1.16. The van der Waals surface area contributed by atoms with Crippen molar-refractivity contribution in [3.63, 3.8) is 0 Å². The maximum atomic E-state index is 13.5. The predicted octanol–water partition coefficient (Wildman–Crippen LogP) is 3.79. The molecule has 2 N–H and O–H groups in total. The highest BCUT2D eigenvalue weighted by Gasteiger charge is 2.40. The van der Waals surface area contributed by atoms with E-state index in [-0.39, 0.29) is 24.3 Å². The van der Waals surface area contributed by atoms with Crippen LogP contribution >= 0.6 is 23.2 Å². The highest BCUT2D eigenvalue weighted by molar-refractivity contribution is 6.35. The predicted molar refractivity (Wildman–Crippen MR) is 119 cm³/mol. The molecule has 0 aromatic carbocycles. The zero-order valence-corrected chi connectivity index (χ0v) is 19.3. The smallest absolute Gasteiger partial charge is 0.257 e. The molecule has 1 aliphatic heterocycles. The Kier molecular flexibility index (Phi) is 6.90. The monoisotopic (exact) mass is 450 g/mol. The summed E-state index contributed by atoms with van der Waals surface area (Å²) >= 11 is 12.7. The molecule has 8 heteroatoms. The molecule has 0 saturated heterocycles. The fourth-order valence-corrected chi connectivity index (χ4v) is 4.91. The Balaban J connectivity index is 2.06. The van der Waals surface area contributed by atoms with Gasteiger partial charge in [0.2, 0.25) is 5.91 Å². The quantitative estimate of drug-likeness (QED) is 0.714. The summed E-state index contributed by atoms with van der Waals surface area (Å²) < 4.78 is 0. The number of pyridine rings is 1. The van der Waals surface area contributed by atoms with Gasteiger partial charge in [0.15, 0.2) is 0 Å². The molecule has 0 spiro atoms. The van der Waals surface area contributed by atoms with Crippen molar-refractivity contribution >= 4 is 35.0 Å². The van der Waals surface area contributed by atoms with Crippen LogP contribution in [0.4, 0.5) is 0 Å². The van der Waals surface area contributed by atoms with Gasteiger partial charge in [-0.2, -0.15) is 0 Å². The topological polar surface area (TPSA) is 79.5 Å². The summed E-state index contributed by atoms with van der Waals surface area (Å²) in [5.41, 5.74) is 9.70. The average Bonchev–Trinajstić information content (AvgIpc) is 3.03. The van der Waals surface area contributed by atoms with Crippen LogP contribution in [0.3, 0.4) is 0 Å². The minimum Gasteiger partial charge on any atom is -0.341 e. The van der Waals surface area contributed by atoms with E-state index in [1.165, 1.54) is 0 Å². The van der Waals surface area contributed by atoms with Gasteiger partial charge in [-0.15, -0.1) is 0 Å². The Bertz CT molecular complexity index is 938. The van der Waals surface area contributed by atoms with E-state index in [1.54, 1.807) is 22.8 Å². The summed E-state index contributed by atoms with van der Waals surface area (Å²) in [7, 11) is 0. The third-order valence-electron chi connectivity index (χ3n) is 6.03. The molecule has 30 heavy (non-hydrogen) atoms. The third-order valence-corrected chi connectivity index (χ3v) is 6.66. The molecule has 3 rings (SSSR count). The average molecular weight is 451 g/mol. The van der Waals surface area contributed by atoms with Crippen molar-refractivity contribution in [1.29, 1.82) is 0 Å². The summed E-state index contributed by atoms with van der Waals surface area (Å²) in [6.45, 7) is 9.28. The van der Waals surface area contributed by atoms with Gasteiger partial charge in [0.25, 0.3) is 5.91 Å². The highest BCUT2D eigenvalue weighted by Crippen LogP contribution is 2.42. The van der Waals surface area contributed by atoms with Gasteiger partial charge in [0.05, 0.1) is 17.8 Å². The number of carbonyl (C=O) groups is 2.